The third-order valence-corrected chi connectivity index (χ3v) is 3.18. The quantitative estimate of drug-likeness (QED) is 0.453. The first kappa shape index (κ1) is 13.4. The maximum Gasteiger partial charge on any atom is 0.339 e. The Bertz CT molecular complexity index is 366. The number of carbonyl (C=O) groups excluding carboxylic acids is 1. The predicted octanol–water partition coefficient (Wildman–Crippen LogP) is 4.02. The zero-order valence-corrected chi connectivity index (χ0v) is 11.0. The van der Waals surface area contributed by atoms with Gasteiger partial charge < -0.3 is 4.74 Å². The molecule has 0 unspecified atom stereocenters. The fourth-order valence-electron chi connectivity index (χ4n) is 1.17. The molecule has 0 atom stereocenters. The van der Waals surface area contributed by atoms with Gasteiger partial charge in [-0.05, 0) is 30.9 Å². The SMILES string of the molecule is CCCCOC(=O)c1cc(SC)ccc1Cl. The van der Waals surface area contributed by atoms with Crippen LogP contribution in [0.5, 0.6) is 0 Å². The second-order valence-electron chi connectivity index (χ2n) is 3.34. The van der Waals surface area contributed by atoms with Crippen LogP contribution in [0.4, 0.5) is 0 Å². The first-order chi connectivity index (χ1) is 7.69. The van der Waals surface area contributed by atoms with E-state index in [1.807, 2.05) is 12.3 Å². The van der Waals surface area contributed by atoms with Gasteiger partial charge in [-0.2, -0.15) is 0 Å². The van der Waals surface area contributed by atoms with Gasteiger partial charge in [0.2, 0.25) is 0 Å². The van der Waals surface area contributed by atoms with E-state index >= 15 is 0 Å². The Morgan fingerprint density at radius 2 is 2.25 bits per heavy atom. The number of benzene rings is 1. The van der Waals surface area contributed by atoms with E-state index in [9.17, 15) is 4.79 Å². The van der Waals surface area contributed by atoms with Gasteiger partial charge in [-0.1, -0.05) is 24.9 Å². The van der Waals surface area contributed by atoms with Crippen molar-refractivity contribution in [3.63, 3.8) is 0 Å². The van der Waals surface area contributed by atoms with Gasteiger partial charge in [0.1, 0.15) is 0 Å². The lowest BCUT2D eigenvalue weighted by Crippen LogP contribution is -2.07. The van der Waals surface area contributed by atoms with Gasteiger partial charge in [0.05, 0.1) is 17.2 Å². The number of thioether (sulfide) groups is 1. The van der Waals surface area contributed by atoms with Gasteiger partial charge in [-0.25, -0.2) is 4.79 Å². The van der Waals surface area contributed by atoms with Crippen molar-refractivity contribution < 1.29 is 9.53 Å². The van der Waals surface area contributed by atoms with Crippen molar-refractivity contribution >= 4 is 29.3 Å². The molecule has 0 heterocycles. The number of carbonyl (C=O) groups is 1. The molecule has 0 aliphatic rings. The largest absolute Gasteiger partial charge is 0.462 e. The molecule has 1 aromatic rings. The normalized spacial score (nSPS) is 10.2. The zero-order chi connectivity index (χ0) is 12.0. The molecule has 0 aromatic heterocycles. The van der Waals surface area contributed by atoms with Crippen molar-refractivity contribution in [2.24, 2.45) is 0 Å². The Balaban J connectivity index is 2.73. The predicted molar refractivity (Wildman–Crippen MR) is 68.4 cm³/mol. The Morgan fingerprint density at radius 3 is 2.88 bits per heavy atom. The highest BCUT2D eigenvalue weighted by Crippen LogP contribution is 2.23. The van der Waals surface area contributed by atoms with Crippen molar-refractivity contribution in [1.82, 2.24) is 0 Å². The summed E-state index contributed by atoms with van der Waals surface area (Å²) in [6, 6.07) is 5.38. The van der Waals surface area contributed by atoms with E-state index in [-0.39, 0.29) is 5.97 Å². The summed E-state index contributed by atoms with van der Waals surface area (Å²) in [7, 11) is 0. The Hall–Kier alpha value is -0.670. The summed E-state index contributed by atoms with van der Waals surface area (Å²) in [6.07, 6.45) is 3.84. The van der Waals surface area contributed by atoms with E-state index in [2.05, 4.69) is 6.92 Å². The van der Waals surface area contributed by atoms with Crippen LogP contribution in [0.2, 0.25) is 5.02 Å². The van der Waals surface area contributed by atoms with Crippen LogP contribution >= 0.6 is 23.4 Å². The molecule has 0 aliphatic heterocycles. The van der Waals surface area contributed by atoms with Crippen molar-refractivity contribution in [1.29, 1.82) is 0 Å². The lowest BCUT2D eigenvalue weighted by Gasteiger charge is -2.06. The molecule has 0 fully saturated rings. The van der Waals surface area contributed by atoms with Crippen LogP contribution in [0.15, 0.2) is 23.1 Å². The third kappa shape index (κ3) is 3.72. The van der Waals surface area contributed by atoms with Crippen LogP contribution in [0.25, 0.3) is 0 Å². The molecule has 0 spiro atoms. The highest BCUT2D eigenvalue weighted by molar-refractivity contribution is 7.98. The van der Waals surface area contributed by atoms with Gasteiger partial charge in [0, 0.05) is 4.90 Å². The van der Waals surface area contributed by atoms with Crippen LogP contribution < -0.4 is 0 Å². The molecular formula is C12H15ClO2S. The first-order valence-electron chi connectivity index (χ1n) is 5.19. The standard InChI is InChI=1S/C12H15ClO2S/c1-3-4-7-15-12(14)10-8-9(16-2)5-6-11(10)13/h5-6,8H,3-4,7H2,1-2H3. The molecule has 1 aromatic carbocycles. The number of halogens is 1. The summed E-state index contributed by atoms with van der Waals surface area (Å²) < 4.78 is 5.12. The minimum atomic E-state index is -0.339. The van der Waals surface area contributed by atoms with E-state index in [0.29, 0.717) is 17.2 Å². The van der Waals surface area contributed by atoms with Gasteiger partial charge in [-0.3, -0.25) is 0 Å². The average Bonchev–Trinajstić information content (AvgIpc) is 2.30. The second-order valence-corrected chi connectivity index (χ2v) is 4.62. The van der Waals surface area contributed by atoms with E-state index in [1.165, 1.54) is 0 Å². The lowest BCUT2D eigenvalue weighted by molar-refractivity contribution is 0.0499. The minimum Gasteiger partial charge on any atom is -0.462 e. The summed E-state index contributed by atoms with van der Waals surface area (Å²) in [5.74, 6) is -0.339. The molecule has 4 heteroatoms. The Kier molecular flexibility index (Phi) is 5.71. The molecule has 0 radical (unpaired) electrons. The fourth-order valence-corrected chi connectivity index (χ4v) is 1.81. The number of hydrogen-bond acceptors (Lipinski definition) is 3. The first-order valence-corrected chi connectivity index (χ1v) is 6.80. The smallest absolute Gasteiger partial charge is 0.339 e. The lowest BCUT2D eigenvalue weighted by atomic mass is 10.2. The fraction of sp³-hybridized carbons (Fsp3) is 0.417. The van der Waals surface area contributed by atoms with E-state index in [4.69, 9.17) is 16.3 Å². The molecule has 0 saturated heterocycles. The van der Waals surface area contributed by atoms with Crippen LogP contribution in [-0.4, -0.2) is 18.8 Å². The van der Waals surface area contributed by atoms with Crippen molar-refractivity contribution in [3.8, 4) is 0 Å². The Morgan fingerprint density at radius 1 is 1.50 bits per heavy atom. The van der Waals surface area contributed by atoms with E-state index < -0.39 is 0 Å². The van der Waals surface area contributed by atoms with Crippen molar-refractivity contribution in [2.45, 2.75) is 24.7 Å². The monoisotopic (exact) mass is 258 g/mol. The summed E-state index contributed by atoms with van der Waals surface area (Å²) in [4.78, 5) is 12.7. The van der Waals surface area contributed by atoms with Crippen LogP contribution in [0.1, 0.15) is 30.1 Å². The topological polar surface area (TPSA) is 26.3 Å². The Labute approximate surface area is 105 Å². The minimum absolute atomic E-state index is 0.339. The number of hydrogen-bond donors (Lipinski definition) is 0. The maximum atomic E-state index is 11.7. The summed E-state index contributed by atoms with van der Waals surface area (Å²) >= 11 is 7.52. The second kappa shape index (κ2) is 6.81. The van der Waals surface area contributed by atoms with Gasteiger partial charge in [-0.15, -0.1) is 11.8 Å². The summed E-state index contributed by atoms with van der Waals surface area (Å²) in [5.41, 5.74) is 0.449. The van der Waals surface area contributed by atoms with Gasteiger partial charge in [0.15, 0.2) is 0 Å². The van der Waals surface area contributed by atoms with E-state index in [1.54, 1.807) is 23.9 Å². The molecule has 0 aliphatic carbocycles. The van der Waals surface area contributed by atoms with Crippen molar-refractivity contribution in [2.75, 3.05) is 12.9 Å². The zero-order valence-electron chi connectivity index (χ0n) is 9.46. The molecule has 0 amide bonds. The van der Waals surface area contributed by atoms with Crippen molar-refractivity contribution in [3.05, 3.63) is 28.8 Å². The molecule has 16 heavy (non-hydrogen) atoms. The van der Waals surface area contributed by atoms with Gasteiger partial charge in [0.25, 0.3) is 0 Å². The maximum absolute atomic E-state index is 11.7. The average molecular weight is 259 g/mol. The number of esters is 1. The molecule has 0 N–H and O–H groups in total. The molecule has 1 rings (SSSR count). The summed E-state index contributed by atoms with van der Waals surface area (Å²) in [6.45, 7) is 2.50. The highest BCUT2D eigenvalue weighted by atomic mass is 35.5. The van der Waals surface area contributed by atoms with Crippen LogP contribution in [0, 0.1) is 0 Å². The number of ether oxygens (including phenoxy) is 1. The van der Waals surface area contributed by atoms with Gasteiger partial charge >= 0.3 is 5.97 Å². The van der Waals surface area contributed by atoms with Crippen LogP contribution in [-0.2, 0) is 4.74 Å². The number of rotatable bonds is 5. The summed E-state index contributed by atoms with van der Waals surface area (Å²) in [5, 5.41) is 0.444. The van der Waals surface area contributed by atoms with E-state index in [0.717, 1.165) is 17.7 Å². The highest BCUT2D eigenvalue weighted by Gasteiger charge is 2.12. The molecule has 0 bridgehead atoms. The molecular weight excluding hydrogens is 244 g/mol. The number of unbranched alkanes of at least 4 members (excludes halogenated alkanes) is 1. The van der Waals surface area contributed by atoms with Crippen LogP contribution in [0.3, 0.4) is 0 Å². The molecule has 88 valence electrons. The molecule has 2 nitrogen and oxygen atoms in total. The third-order valence-electron chi connectivity index (χ3n) is 2.12. The molecule has 0 saturated carbocycles.